The quantitative estimate of drug-likeness (QED) is 0.401. The highest BCUT2D eigenvalue weighted by Crippen LogP contribution is 2.14. The Kier molecular flexibility index (Phi) is 8.05. The number of nitrogens with one attached hydrogen (secondary N) is 1. The lowest BCUT2D eigenvalue weighted by Gasteiger charge is -2.34. The maximum Gasteiger partial charge on any atom is 0.193 e. The minimum atomic E-state index is 0.354. The number of methoxy groups -OCH3 is 1. The van der Waals surface area contributed by atoms with Crippen LogP contribution in [0.3, 0.4) is 0 Å². The summed E-state index contributed by atoms with van der Waals surface area (Å²) in [6.45, 7) is 4.36. The maximum atomic E-state index is 5.94. The molecule has 154 valence electrons. The molecule has 2 aromatic rings. The molecule has 0 atom stereocenters. The van der Waals surface area contributed by atoms with Crippen LogP contribution < -0.4 is 5.32 Å². The summed E-state index contributed by atoms with van der Waals surface area (Å²) in [5.74, 6) is 1.97. The predicted octanol–water partition coefficient (Wildman–Crippen LogP) is 1.75. The van der Waals surface area contributed by atoms with E-state index in [9.17, 15) is 0 Å². The molecular formula is C20H32N6O2. The molecule has 2 aromatic heterocycles. The number of likely N-dealkylation sites (tertiary alicyclic amines) is 1. The molecule has 1 N–H and O–H groups in total. The van der Waals surface area contributed by atoms with E-state index >= 15 is 0 Å². The Bertz CT molecular complexity index is 739. The van der Waals surface area contributed by atoms with Crippen LogP contribution in [0.15, 0.2) is 29.4 Å². The fourth-order valence-electron chi connectivity index (χ4n) is 3.53. The number of rotatable bonds is 9. The predicted molar refractivity (Wildman–Crippen MR) is 110 cm³/mol. The molecule has 0 saturated carbocycles. The van der Waals surface area contributed by atoms with Gasteiger partial charge in [-0.25, -0.2) is 0 Å². The summed E-state index contributed by atoms with van der Waals surface area (Å²) in [5, 5.41) is 12.0. The first-order chi connectivity index (χ1) is 13.8. The topological polar surface area (TPSA) is 76.3 Å². The van der Waals surface area contributed by atoms with Gasteiger partial charge in [-0.2, -0.15) is 0 Å². The molecule has 0 bridgehead atoms. The molecule has 1 fully saturated rings. The summed E-state index contributed by atoms with van der Waals surface area (Å²) in [4.78, 5) is 6.77. The van der Waals surface area contributed by atoms with Crippen LogP contribution in [0.25, 0.3) is 5.65 Å². The summed E-state index contributed by atoms with van der Waals surface area (Å²) < 4.78 is 13.1. The number of ether oxygens (including phenoxy) is 2. The number of nitrogens with zero attached hydrogens (tertiary/aromatic N) is 5. The number of aromatic nitrogens is 3. The van der Waals surface area contributed by atoms with Crippen LogP contribution in [0.4, 0.5) is 0 Å². The van der Waals surface area contributed by atoms with E-state index in [0.29, 0.717) is 6.10 Å². The van der Waals surface area contributed by atoms with Crippen molar-refractivity contribution in [3.05, 3.63) is 30.2 Å². The number of piperidine rings is 1. The van der Waals surface area contributed by atoms with Gasteiger partial charge in [-0.1, -0.05) is 6.07 Å². The first-order valence-electron chi connectivity index (χ1n) is 10.2. The van der Waals surface area contributed by atoms with Crippen molar-refractivity contribution in [2.75, 3.05) is 47.0 Å². The zero-order valence-electron chi connectivity index (χ0n) is 17.0. The number of aryl methyl sites for hydroxylation is 1. The van der Waals surface area contributed by atoms with Crippen molar-refractivity contribution in [2.24, 2.45) is 4.99 Å². The van der Waals surface area contributed by atoms with Gasteiger partial charge in [-0.3, -0.25) is 9.39 Å². The highest BCUT2D eigenvalue weighted by Gasteiger charge is 2.21. The van der Waals surface area contributed by atoms with Crippen LogP contribution in [-0.4, -0.2) is 78.6 Å². The summed E-state index contributed by atoms with van der Waals surface area (Å²) in [6.07, 6.45) is 7.27. The molecule has 3 rings (SSSR count). The molecule has 28 heavy (non-hydrogen) atoms. The van der Waals surface area contributed by atoms with Crippen molar-refractivity contribution in [1.82, 2.24) is 24.8 Å². The Labute approximate surface area is 166 Å². The smallest absolute Gasteiger partial charge is 0.193 e. The summed E-state index contributed by atoms with van der Waals surface area (Å²) in [6, 6.07) is 5.96. The van der Waals surface area contributed by atoms with Crippen molar-refractivity contribution in [3.63, 3.8) is 0 Å². The van der Waals surface area contributed by atoms with E-state index in [4.69, 9.17) is 9.47 Å². The van der Waals surface area contributed by atoms with E-state index in [0.717, 1.165) is 82.4 Å². The largest absolute Gasteiger partial charge is 0.385 e. The summed E-state index contributed by atoms with van der Waals surface area (Å²) >= 11 is 0. The summed E-state index contributed by atoms with van der Waals surface area (Å²) in [5.41, 5.74) is 0.897. The van der Waals surface area contributed by atoms with E-state index < -0.39 is 0 Å². The lowest BCUT2D eigenvalue weighted by Crippen LogP contribution is -2.47. The average Bonchev–Trinajstić information content (AvgIpc) is 3.15. The van der Waals surface area contributed by atoms with Gasteiger partial charge in [0.25, 0.3) is 0 Å². The number of fused-ring (bicyclic) bond motifs is 1. The molecule has 0 aromatic carbocycles. The number of guanidine groups is 1. The Balaban J connectivity index is 1.36. The van der Waals surface area contributed by atoms with Gasteiger partial charge in [0.15, 0.2) is 11.6 Å². The third-order valence-electron chi connectivity index (χ3n) is 5.04. The van der Waals surface area contributed by atoms with E-state index in [1.165, 1.54) is 0 Å². The second kappa shape index (κ2) is 11.0. The van der Waals surface area contributed by atoms with Crippen molar-refractivity contribution in [3.8, 4) is 0 Å². The standard InChI is InChI=1S/C20H32N6O2/c1-21-20(25-13-9-17(10-14-25)28-16-6-15-27-2)22-11-5-8-19-24-23-18-7-3-4-12-26(18)19/h3-4,7,12,17H,5-6,8-11,13-16H2,1-2H3,(H,21,22). The van der Waals surface area contributed by atoms with E-state index in [1.807, 2.05) is 35.8 Å². The molecule has 0 spiro atoms. The lowest BCUT2D eigenvalue weighted by molar-refractivity contribution is 0.00991. The highest BCUT2D eigenvalue weighted by atomic mass is 16.5. The molecule has 1 aliphatic rings. The summed E-state index contributed by atoms with van der Waals surface area (Å²) in [7, 11) is 3.58. The lowest BCUT2D eigenvalue weighted by atomic mass is 10.1. The molecule has 0 aliphatic carbocycles. The van der Waals surface area contributed by atoms with Crippen LogP contribution in [0.1, 0.15) is 31.5 Å². The molecule has 0 radical (unpaired) electrons. The maximum absolute atomic E-state index is 5.94. The molecule has 1 saturated heterocycles. The number of pyridine rings is 1. The number of hydrogen-bond acceptors (Lipinski definition) is 5. The molecule has 8 nitrogen and oxygen atoms in total. The van der Waals surface area contributed by atoms with Gasteiger partial charge in [-0.05, 0) is 37.8 Å². The second-order valence-corrected chi connectivity index (χ2v) is 7.03. The van der Waals surface area contributed by atoms with Gasteiger partial charge in [0.2, 0.25) is 0 Å². The average molecular weight is 389 g/mol. The third-order valence-corrected chi connectivity index (χ3v) is 5.04. The van der Waals surface area contributed by atoms with Crippen LogP contribution in [-0.2, 0) is 15.9 Å². The molecule has 0 amide bonds. The molecule has 0 unspecified atom stereocenters. The number of aliphatic imine (C=N–C) groups is 1. The van der Waals surface area contributed by atoms with Crippen molar-refractivity contribution < 1.29 is 9.47 Å². The van der Waals surface area contributed by atoms with Crippen LogP contribution >= 0.6 is 0 Å². The Morgan fingerprint density at radius 1 is 1.21 bits per heavy atom. The van der Waals surface area contributed by atoms with Crippen LogP contribution in [0.5, 0.6) is 0 Å². The fourth-order valence-corrected chi connectivity index (χ4v) is 3.53. The first kappa shape index (κ1) is 20.5. The molecule has 8 heteroatoms. The first-order valence-corrected chi connectivity index (χ1v) is 10.2. The monoisotopic (exact) mass is 388 g/mol. The zero-order chi connectivity index (χ0) is 19.6. The van der Waals surface area contributed by atoms with Gasteiger partial charge in [0, 0.05) is 59.6 Å². The Morgan fingerprint density at radius 3 is 2.86 bits per heavy atom. The fraction of sp³-hybridized carbons (Fsp3) is 0.650. The van der Waals surface area contributed by atoms with Crippen LogP contribution in [0, 0.1) is 0 Å². The molecule has 1 aliphatic heterocycles. The van der Waals surface area contributed by atoms with Crippen molar-refractivity contribution in [1.29, 1.82) is 0 Å². The molecule has 3 heterocycles. The van der Waals surface area contributed by atoms with Crippen molar-refractivity contribution >= 4 is 11.6 Å². The van der Waals surface area contributed by atoms with Gasteiger partial charge >= 0.3 is 0 Å². The van der Waals surface area contributed by atoms with E-state index in [1.54, 1.807) is 7.11 Å². The van der Waals surface area contributed by atoms with Crippen LogP contribution in [0.2, 0.25) is 0 Å². The highest BCUT2D eigenvalue weighted by molar-refractivity contribution is 5.79. The van der Waals surface area contributed by atoms with Gasteiger partial charge in [0.05, 0.1) is 6.10 Å². The van der Waals surface area contributed by atoms with Gasteiger partial charge in [0.1, 0.15) is 5.82 Å². The van der Waals surface area contributed by atoms with E-state index in [-0.39, 0.29) is 0 Å². The zero-order valence-corrected chi connectivity index (χ0v) is 17.0. The Morgan fingerprint density at radius 2 is 2.07 bits per heavy atom. The SMILES string of the molecule is CN=C(NCCCc1nnc2ccccn12)N1CCC(OCCCOC)CC1. The van der Waals surface area contributed by atoms with Gasteiger partial charge in [-0.15, -0.1) is 10.2 Å². The minimum absolute atomic E-state index is 0.354. The Hall–Kier alpha value is -2.19. The minimum Gasteiger partial charge on any atom is -0.385 e. The second-order valence-electron chi connectivity index (χ2n) is 7.03. The van der Waals surface area contributed by atoms with Gasteiger partial charge < -0.3 is 19.7 Å². The third kappa shape index (κ3) is 5.65. The van der Waals surface area contributed by atoms with E-state index in [2.05, 4.69) is 25.4 Å². The number of hydrogen-bond donors (Lipinski definition) is 1. The normalized spacial score (nSPS) is 16.1. The van der Waals surface area contributed by atoms with Crippen molar-refractivity contribution in [2.45, 2.75) is 38.2 Å². The molecular weight excluding hydrogens is 356 g/mol.